The molecule has 0 aliphatic carbocycles. The van der Waals surface area contributed by atoms with E-state index in [1.807, 2.05) is 11.8 Å². The molecule has 92 valence electrons. The van der Waals surface area contributed by atoms with Gasteiger partial charge in [0.2, 0.25) is 5.91 Å². The minimum Gasteiger partial charge on any atom is -0.481 e. The van der Waals surface area contributed by atoms with Crippen LogP contribution in [0.5, 0.6) is 0 Å². The van der Waals surface area contributed by atoms with Crippen LogP contribution in [-0.4, -0.2) is 34.5 Å². The normalized spacial score (nSPS) is 20.8. The molecule has 0 bridgehead atoms. The minimum atomic E-state index is -0.770. The summed E-state index contributed by atoms with van der Waals surface area (Å²) in [6.07, 6.45) is 5.35. The van der Waals surface area contributed by atoms with Gasteiger partial charge in [-0.1, -0.05) is 6.92 Å². The molecule has 4 heteroatoms. The van der Waals surface area contributed by atoms with Gasteiger partial charge in [0.1, 0.15) is 0 Å². The van der Waals surface area contributed by atoms with Crippen LogP contribution < -0.4 is 0 Å². The van der Waals surface area contributed by atoms with E-state index >= 15 is 0 Å². The third-order valence-corrected chi connectivity index (χ3v) is 3.10. The number of carbonyl (C=O) groups excluding carboxylic acids is 1. The standard InChI is InChI=1S/C12H21NO3/c1-2-5-11(14)13-9-4-3-6-10(13)7-8-12(15)16/h10H,2-9H2,1H3,(H,15,16). The lowest BCUT2D eigenvalue weighted by molar-refractivity contribution is -0.140. The number of likely N-dealkylation sites (tertiary alicyclic amines) is 1. The molecule has 1 fully saturated rings. The second-order valence-corrected chi connectivity index (χ2v) is 4.42. The van der Waals surface area contributed by atoms with Crippen LogP contribution >= 0.6 is 0 Å². The van der Waals surface area contributed by atoms with E-state index in [-0.39, 0.29) is 18.4 Å². The van der Waals surface area contributed by atoms with Gasteiger partial charge < -0.3 is 10.0 Å². The number of rotatable bonds is 5. The predicted octanol–water partition coefficient (Wildman–Crippen LogP) is 2.03. The average molecular weight is 227 g/mol. The fourth-order valence-corrected chi connectivity index (χ4v) is 2.28. The summed E-state index contributed by atoms with van der Waals surface area (Å²) in [6, 6.07) is 0.156. The molecule has 0 radical (unpaired) electrons. The van der Waals surface area contributed by atoms with Crippen LogP contribution in [-0.2, 0) is 9.59 Å². The molecule has 0 saturated carbocycles. The van der Waals surface area contributed by atoms with E-state index in [4.69, 9.17) is 5.11 Å². The maximum Gasteiger partial charge on any atom is 0.303 e. The number of aliphatic carboxylic acids is 1. The van der Waals surface area contributed by atoms with E-state index < -0.39 is 5.97 Å². The Labute approximate surface area is 96.6 Å². The van der Waals surface area contributed by atoms with Crippen molar-refractivity contribution in [3.8, 4) is 0 Å². The Morgan fingerprint density at radius 3 is 2.69 bits per heavy atom. The molecule has 1 rings (SSSR count). The van der Waals surface area contributed by atoms with Gasteiger partial charge in [0.05, 0.1) is 0 Å². The number of hydrogen-bond acceptors (Lipinski definition) is 2. The van der Waals surface area contributed by atoms with Crippen molar-refractivity contribution in [3.63, 3.8) is 0 Å². The molecule has 1 amide bonds. The van der Waals surface area contributed by atoms with Crippen LogP contribution in [0.25, 0.3) is 0 Å². The lowest BCUT2D eigenvalue weighted by atomic mass is 9.97. The summed E-state index contributed by atoms with van der Waals surface area (Å²) in [6.45, 7) is 2.80. The first-order valence-corrected chi connectivity index (χ1v) is 6.16. The van der Waals surface area contributed by atoms with Gasteiger partial charge in [-0.2, -0.15) is 0 Å². The molecule has 1 aliphatic rings. The summed E-state index contributed by atoms with van der Waals surface area (Å²) < 4.78 is 0. The highest BCUT2D eigenvalue weighted by Crippen LogP contribution is 2.21. The zero-order chi connectivity index (χ0) is 12.0. The van der Waals surface area contributed by atoms with Crippen LogP contribution in [0.2, 0.25) is 0 Å². The Kier molecular flexibility index (Phi) is 5.29. The third-order valence-electron chi connectivity index (χ3n) is 3.10. The number of piperidine rings is 1. The topological polar surface area (TPSA) is 57.6 Å². The predicted molar refractivity (Wildman–Crippen MR) is 61.1 cm³/mol. The number of carboxylic acids is 1. The molecular formula is C12H21NO3. The zero-order valence-electron chi connectivity index (χ0n) is 9.95. The van der Waals surface area contributed by atoms with Gasteiger partial charge in [0.15, 0.2) is 0 Å². The van der Waals surface area contributed by atoms with E-state index in [9.17, 15) is 9.59 Å². The van der Waals surface area contributed by atoms with E-state index in [1.165, 1.54) is 0 Å². The van der Waals surface area contributed by atoms with Crippen molar-refractivity contribution in [3.05, 3.63) is 0 Å². The molecule has 1 unspecified atom stereocenters. The minimum absolute atomic E-state index is 0.156. The first-order chi connectivity index (χ1) is 7.65. The number of nitrogens with zero attached hydrogens (tertiary/aromatic N) is 1. The van der Waals surface area contributed by atoms with E-state index in [0.717, 1.165) is 32.2 Å². The first-order valence-electron chi connectivity index (χ1n) is 6.16. The lowest BCUT2D eigenvalue weighted by Gasteiger charge is -2.35. The van der Waals surface area contributed by atoms with Crippen LogP contribution in [0, 0.1) is 0 Å². The molecule has 1 aliphatic heterocycles. The first kappa shape index (κ1) is 13.0. The Hall–Kier alpha value is -1.06. The molecule has 0 aromatic rings. The quantitative estimate of drug-likeness (QED) is 0.781. The molecule has 1 heterocycles. The lowest BCUT2D eigenvalue weighted by Crippen LogP contribution is -2.43. The summed E-state index contributed by atoms with van der Waals surface area (Å²) in [4.78, 5) is 24.3. The smallest absolute Gasteiger partial charge is 0.303 e. The highest BCUT2D eigenvalue weighted by atomic mass is 16.4. The SMILES string of the molecule is CCCC(=O)N1CCCCC1CCC(=O)O. The summed E-state index contributed by atoms with van der Waals surface area (Å²) in [7, 11) is 0. The zero-order valence-corrected chi connectivity index (χ0v) is 9.95. The molecule has 16 heavy (non-hydrogen) atoms. The van der Waals surface area contributed by atoms with Crippen molar-refractivity contribution in [1.82, 2.24) is 4.90 Å². The van der Waals surface area contributed by atoms with Crippen molar-refractivity contribution in [2.75, 3.05) is 6.54 Å². The largest absolute Gasteiger partial charge is 0.481 e. The van der Waals surface area contributed by atoms with Gasteiger partial charge >= 0.3 is 5.97 Å². The molecule has 0 aromatic heterocycles. The van der Waals surface area contributed by atoms with Gasteiger partial charge in [-0.05, 0) is 32.1 Å². The van der Waals surface area contributed by atoms with E-state index in [1.54, 1.807) is 0 Å². The van der Waals surface area contributed by atoms with Gasteiger partial charge in [-0.3, -0.25) is 9.59 Å². The van der Waals surface area contributed by atoms with E-state index in [2.05, 4.69) is 0 Å². The van der Waals surface area contributed by atoms with Gasteiger partial charge in [-0.15, -0.1) is 0 Å². The average Bonchev–Trinajstić information content (AvgIpc) is 2.27. The fraction of sp³-hybridized carbons (Fsp3) is 0.833. The molecule has 1 N–H and O–H groups in total. The summed E-state index contributed by atoms with van der Waals surface area (Å²) in [5, 5.41) is 8.67. The van der Waals surface area contributed by atoms with E-state index in [0.29, 0.717) is 12.8 Å². The second kappa shape index (κ2) is 6.51. The Morgan fingerprint density at radius 2 is 2.06 bits per heavy atom. The molecular weight excluding hydrogens is 206 g/mol. The van der Waals surface area contributed by atoms with Crippen molar-refractivity contribution >= 4 is 11.9 Å². The van der Waals surface area contributed by atoms with Crippen molar-refractivity contribution in [2.45, 2.75) is 57.9 Å². The van der Waals surface area contributed by atoms with Crippen LogP contribution in [0.1, 0.15) is 51.9 Å². The van der Waals surface area contributed by atoms with Gasteiger partial charge in [0, 0.05) is 25.4 Å². The van der Waals surface area contributed by atoms with Gasteiger partial charge in [0.25, 0.3) is 0 Å². The van der Waals surface area contributed by atoms with Crippen molar-refractivity contribution < 1.29 is 14.7 Å². The number of hydrogen-bond donors (Lipinski definition) is 1. The molecule has 0 spiro atoms. The van der Waals surface area contributed by atoms with Crippen molar-refractivity contribution in [1.29, 1.82) is 0 Å². The van der Waals surface area contributed by atoms with Crippen LogP contribution in [0.3, 0.4) is 0 Å². The van der Waals surface area contributed by atoms with Crippen LogP contribution in [0.15, 0.2) is 0 Å². The van der Waals surface area contributed by atoms with Crippen molar-refractivity contribution in [2.24, 2.45) is 0 Å². The molecule has 1 saturated heterocycles. The second-order valence-electron chi connectivity index (χ2n) is 4.42. The molecule has 0 aromatic carbocycles. The summed E-state index contributed by atoms with van der Waals surface area (Å²) in [5.74, 6) is -0.578. The Morgan fingerprint density at radius 1 is 1.31 bits per heavy atom. The third kappa shape index (κ3) is 3.83. The Bertz CT molecular complexity index is 253. The number of carboxylic acid groups (broad SMARTS) is 1. The maximum atomic E-state index is 11.8. The number of carbonyl (C=O) groups is 2. The maximum absolute atomic E-state index is 11.8. The highest BCUT2D eigenvalue weighted by Gasteiger charge is 2.26. The number of amides is 1. The monoisotopic (exact) mass is 227 g/mol. The summed E-state index contributed by atoms with van der Waals surface area (Å²) >= 11 is 0. The van der Waals surface area contributed by atoms with Gasteiger partial charge in [-0.25, -0.2) is 0 Å². The molecule has 4 nitrogen and oxygen atoms in total. The van der Waals surface area contributed by atoms with Crippen LogP contribution in [0.4, 0.5) is 0 Å². The Balaban J connectivity index is 2.49. The highest BCUT2D eigenvalue weighted by molar-refractivity contribution is 5.76. The fourth-order valence-electron chi connectivity index (χ4n) is 2.28. The summed E-state index contributed by atoms with van der Waals surface area (Å²) in [5.41, 5.74) is 0. The molecule has 1 atom stereocenters.